The number of hydrogen-bond acceptors (Lipinski definition) is 4. The van der Waals surface area contributed by atoms with Crippen molar-refractivity contribution in [1.29, 1.82) is 0 Å². The second-order valence-corrected chi connectivity index (χ2v) is 5.16. The van der Waals surface area contributed by atoms with Crippen LogP contribution in [0.15, 0.2) is 53.5 Å². The van der Waals surface area contributed by atoms with Crippen LogP contribution < -0.4 is 5.56 Å². The summed E-state index contributed by atoms with van der Waals surface area (Å²) in [5.41, 5.74) is 0.839. The van der Waals surface area contributed by atoms with Gasteiger partial charge in [-0.3, -0.25) is 9.36 Å². The molecule has 23 heavy (non-hydrogen) atoms. The molecule has 116 valence electrons. The van der Waals surface area contributed by atoms with Crippen molar-refractivity contribution in [3.63, 3.8) is 0 Å². The van der Waals surface area contributed by atoms with Crippen molar-refractivity contribution in [3.05, 3.63) is 64.6 Å². The zero-order chi connectivity index (χ0) is 16.6. The Morgan fingerprint density at radius 1 is 1.00 bits per heavy atom. The second-order valence-electron chi connectivity index (χ2n) is 5.16. The minimum absolute atomic E-state index is 0.101. The van der Waals surface area contributed by atoms with Gasteiger partial charge in [0.1, 0.15) is 17.2 Å². The maximum Gasteiger partial charge on any atom is 0.266 e. The molecule has 3 aromatic rings. The predicted molar refractivity (Wildman–Crippen MR) is 89.2 cm³/mol. The molecule has 0 aliphatic carbocycles. The Morgan fingerprint density at radius 2 is 1.70 bits per heavy atom. The molecule has 0 atom stereocenters. The fourth-order valence-corrected chi connectivity index (χ4v) is 2.57. The van der Waals surface area contributed by atoms with Gasteiger partial charge in [0.05, 0.1) is 5.39 Å². The van der Waals surface area contributed by atoms with Crippen LogP contribution >= 0.6 is 0 Å². The highest BCUT2D eigenvalue weighted by molar-refractivity contribution is 5.95. The Bertz CT molecular complexity index is 969. The van der Waals surface area contributed by atoms with E-state index in [0.29, 0.717) is 16.6 Å². The molecule has 5 heteroatoms. The Balaban J connectivity index is 2.43. The van der Waals surface area contributed by atoms with Crippen molar-refractivity contribution < 1.29 is 15.3 Å². The van der Waals surface area contributed by atoms with Crippen molar-refractivity contribution in [3.8, 4) is 22.9 Å². The van der Waals surface area contributed by atoms with Gasteiger partial charge in [0.15, 0.2) is 0 Å². The monoisotopic (exact) mass is 309 g/mol. The molecule has 2 aromatic carbocycles. The molecule has 0 saturated carbocycles. The molecule has 0 aliphatic heterocycles. The zero-order valence-corrected chi connectivity index (χ0v) is 12.4. The van der Waals surface area contributed by atoms with Crippen molar-refractivity contribution in [1.82, 2.24) is 4.57 Å². The Morgan fingerprint density at radius 3 is 2.35 bits per heavy atom. The maximum atomic E-state index is 12.7. The number of pyridine rings is 1. The molecular formula is C18H15NO4. The summed E-state index contributed by atoms with van der Waals surface area (Å²) in [6, 6.07) is 8.78. The van der Waals surface area contributed by atoms with E-state index in [-0.39, 0.29) is 22.6 Å². The summed E-state index contributed by atoms with van der Waals surface area (Å²) in [6.07, 6.45) is 5.23. The summed E-state index contributed by atoms with van der Waals surface area (Å²) in [6.45, 7) is 1.84. The summed E-state index contributed by atoms with van der Waals surface area (Å²) in [4.78, 5) is 12.7. The maximum absolute atomic E-state index is 12.7. The van der Waals surface area contributed by atoms with Gasteiger partial charge in [-0.2, -0.15) is 0 Å². The van der Waals surface area contributed by atoms with Crippen LogP contribution in [0.25, 0.3) is 22.5 Å². The third kappa shape index (κ3) is 2.53. The first-order valence-corrected chi connectivity index (χ1v) is 7.04. The van der Waals surface area contributed by atoms with Crippen LogP contribution in [-0.2, 0) is 0 Å². The standard InChI is InChI=1S/C18H15NO4/c1-2-3-11-10-19(12-4-6-13(20)7-5-12)18(23)17-15(11)8-14(21)9-16(17)22/h2-10,20-22H,1H3. The lowest BCUT2D eigenvalue weighted by Gasteiger charge is -2.12. The molecule has 5 nitrogen and oxygen atoms in total. The number of hydrogen-bond donors (Lipinski definition) is 3. The van der Waals surface area contributed by atoms with E-state index >= 15 is 0 Å². The van der Waals surface area contributed by atoms with Gasteiger partial charge in [0.2, 0.25) is 0 Å². The van der Waals surface area contributed by atoms with Crippen LogP contribution in [0, 0.1) is 0 Å². The van der Waals surface area contributed by atoms with Crippen LogP contribution in [0.4, 0.5) is 0 Å². The summed E-state index contributed by atoms with van der Waals surface area (Å²) >= 11 is 0. The number of phenolic OH excluding ortho intramolecular Hbond substituents is 3. The van der Waals surface area contributed by atoms with Crippen LogP contribution in [0.2, 0.25) is 0 Å². The average molecular weight is 309 g/mol. The Labute approximate surface area is 132 Å². The Kier molecular flexibility index (Phi) is 3.54. The minimum Gasteiger partial charge on any atom is -0.508 e. The molecule has 0 unspecified atom stereocenters. The van der Waals surface area contributed by atoms with Gasteiger partial charge in [0, 0.05) is 23.3 Å². The lowest BCUT2D eigenvalue weighted by atomic mass is 10.1. The topological polar surface area (TPSA) is 82.7 Å². The largest absolute Gasteiger partial charge is 0.508 e. The van der Waals surface area contributed by atoms with Crippen molar-refractivity contribution >= 4 is 16.8 Å². The first kappa shape index (κ1) is 14.7. The van der Waals surface area contributed by atoms with E-state index in [2.05, 4.69) is 0 Å². The number of aromatic hydroxyl groups is 3. The first-order valence-electron chi connectivity index (χ1n) is 7.04. The molecule has 3 rings (SSSR count). The predicted octanol–water partition coefficient (Wildman–Crippen LogP) is 3.14. The molecule has 0 bridgehead atoms. The van der Waals surface area contributed by atoms with Crippen LogP contribution in [0.5, 0.6) is 17.2 Å². The van der Waals surface area contributed by atoms with Gasteiger partial charge in [-0.1, -0.05) is 12.2 Å². The molecule has 1 aromatic heterocycles. The molecule has 3 N–H and O–H groups in total. The van der Waals surface area contributed by atoms with Crippen LogP contribution in [0.1, 0.15) is 12.5 Å². The van der Waals surface area contributed by atoms with E-state index in [4.69, 9.17) is 0 Å². The summed E-state index contributed by atoms with van der Waals surface area (Å²) < 4.78 is 1.40. The number of phenols is 3. The molecule has 0 radical (unpaired) electrons. The lowest BCUT2D eigenvalue weighted by Crippen LogP contribution is -2.18. The second kappa shape index (κ2) is 5.53. The number of allylic oxidation sites excluding steroid dienone is 1. The van der Waals surface area contributed by atoms with E-state index in [9.17, 15) is 20.1 Å². The van der Waals surface area contributed by atoms with Crippen molar-refractivity contribution in [2.45, 2.75) is 6.92 Å². The van der Waals surface area contributed by atoms with Crippen molar-refractivity contribution in [2.24, 2.45) is 0 Å². The summed E-state index contributed by atoms with van der Waals surface area (Å²) in [5, 5.41) is 29.8. The highest BCUT2D eigenvalue weighted by atomic mass is 16.3. The fraction of sp³-hybridized carbons (Fsp3) is 0.0556. The molecule has 0 saturated heterocycles. The average Bonchev–Trinajstić information content (AvgIpc) is 2.50. The molecule has 1 heterocycles. The van der Waals surface area contributed by atoms with Gasteiger partial charge in [-0.15, -0.1) is 0 Å². The van der Waals surface area contributed by atoms with E-state index < -0.39 is 5.56 Å². The quantitative estimate of drug-likeness (QED) is 0.679. The molecule has 0 amide bonds. The van der Waals surface area contributed by atoms with E-state index in [1.54, 1.807) is 24.4 Å². The molecule has 0 spiro atoms. The fourth-order valence-electron chi connectivity index (χ4n) is 2.57. The number of aromatic nitrogens is 1. The highest BCUT2D eigenvalue weighted by Crippen LogP contribution is 2.30. The van der Waals surface area contributed by atoms with Gasteiger partial charge < -0.3 is 15.3 Å². The third-order valence-electron chi connectivity index (χ3n) is 3.59. The number of benzene rings is 2. The minimum atomic E-state index is -0.406. The number of nitrogens with zero attached hydrogens (tertiary/aromatic N) is 1. The highest BCUT2D eigenvalue weighted by Gasteiger charge is 2.13. The van der Waals surface area contributed by atoms with Gasteiger partial charge in [0.25, 0.3) is 5.56 Å². The lowest BCUT2D eigenvalue weighted by molar-refractivity contribution is 0.454. The molecular weight excluding hydrogens is 294 g/mol. The van der Waals surface area contributed by atoms with Gasteiger partial charge >= 0.3 is 0 Å². The number of fused-ring (bicyclic) bond motifs is 1. The smallest absolute Gasteiger partial charge is 0.266 e. The van der Waals surface area contributed by atoms with Gasteiger partial charge in [-0.05, 0) is 42.8 Å². The van der Waals surface area contributed by atoms with Crippen LogP contribution in [0.3, 0.4) is 0 Å². The van der Waals surface area contributed by atoms with E-state index in [1.165, 1.54) is 22.8 Å². The Hall–Kier alpha value is -3.21. The third-order valence-corrected chi connectivity index (χ3v) is 3.59. The van der Waals surface area contributed by atoms with Gasteiger partial charge in [-0.25, -0.2) is 0 Å². The SMILES string of the molecule is CC=Cc1cn(-c2ccc(O)cc2)c(=O)c2c(O)cc(O)cc12. The first-order chi connectivity index (χ1) is 11.0. The summed E-state index contributed by atoms with van der Waals surface area (Å²) in [7, 11) is 0. The molecule has 0 fully saturated rings. The van der Waals surface area contributed by atoms with E-state index in [1.807, 2.05) is 13.0 Å². The zero-order valence-electron chi connectivity index (χ0n) is 12.4. The van der Waals surface area contributed by atoms with Crippen LogP contribution in [-0.4, -0.2) is 19.9 Å². The molecule has 0 aliphatic rings. The van der Waals surface area contributed by atoms with Crippen molar-refractivity contribution in [2.75, 3.05) is 0 Å². The summed E-state index contributed by atoms with van der Waals surface area (Å²) in [5.74, 6) is -0.282. The van der Waals surface area contributed by atoms with E-state index in [0.717, 1.165) is 6.07 Å². The normalized spacial score (nSPS) is 11.3. The number of rotatable bonds is 2.